The quantitative estimate of drug-likeness (QED) is 0.366. The second kappa shape index (κ2) is 8.86. The predicted octanol–water partition coefficient (Wildman–Crippen LogP) is 3.10. The van der Waals surface area contributed by atoms with Crippen molar-refractivity contribution in [3.8, 4) is 28.4 Å². The summed E-state index contributed by atoms with van der Waals surface area (Å²) in [5.74, 6) is -0.625. The smallest absolute Gasteiger partial charge is 0.296 e. The highest BCUT2D eigenvalue weighted by Gasteiger charge is 2.57. The zero-order valence-corrected chi connectivity index (χ0v) is 19.8. The fourth-order valence-corrected chi connectivity index (χ4v) is 5.12. The number of imidazole rings is 1. The van der Waals surface area contributed by atoms with Gasteiger partial charge in [0.15, 0.2) is 11.8 Å². The van der Waals surface area contributed by atoms with E-state index in [1.807, 2.05) is 42.5 Å². The van der Waals surface area contributed by atoms with Gasteiger partial charge in [-0.25, -0.2) is 4.98 Å². The molecule has 1 amide bonds. The summed E-state index contributed by atoms with van der Waals surface area (Å²) in [6.07, 6.45) is -2.04. The monoisotopic (exact) mass is 506 g/mol. The SMILES string of the molecule is NC(=O)C[C@@]1(O)CO[C@@H]2[C@H](Oc3nc4nc(-c5ccc(-c6ccccc6)cc5)c(Cl)cc4[nH]3)CO[C@@H]21. The highest BCUT2D eigenvalue weighted by Crippen LogP contribution is 2.38. The number of benzene rings is 2. The molecular formula is C26H23ClN4O5. The van der Waals surface area contributed by atoms with Gasteiger partial charge in [0, 0.05) is 5.56 Å². The van der Waals surface area contributed by atoms with E-state index in [1.165, 1.54) is 0 Å². The van der Waals surface area contributed by atoms with Gasteiger partial charge >= 0.3 is 0 Å². The Kier molecular flexibility index (Phi) is 5.65. The van der Waals surface area contributed by atoms with Crippen LogP contribution in [0.4, 0.5) is 0 Å². The third-order valence-corrected chi connectivity index (χ3v) is 6.86. The van der Waals surface area contributed by atoms with Gasteiger partial charge in [-0.1, -0.05) is 66.2 Å². The molecule has 2 aromatic carbocycles. The second-order valence-corrected chi connectivity index (χ2v) is 9.52. The van der Waals surface area contributed by atoms with Gasteiger partial charge in [0.1, 0.15) is 17.8 Å². The molecule has 4 atom stereocenters. The Bertz CT molecular complexity index is 1430. The second-order valence-electron chi connectivity index (χ2n) is 9.11. The van der Waals surface area contributed by atoms with Crippen molar-refractivity contribution in [1.29, 1.82) is 0 Å². The topological polar surface area (TPSA) is 133 Å². The molecule has 2 saturated heterocycles. The lowest BCUT2D eigenvalue weighted by atomic mass is 9.92. The van der Waals surface area contributed by atoms with Crippen LogP contribution in [0.1, 0.15) is 6.42 Å². The molecule has 10 heteroatoms. The van der Waals surface area contributed by atoms with E-state index in [0.29, 0.717) is 21.9 Å². The summed E-state index contributed by atoms with van der Waals surface area (Å²) in [6.45, 7) is 0.107. The molecule has 4 aromatic rings. The van der Waals surface area contributed by atoms with Gasteiger partial charge < -0.3 is 30.0 Å². The van der Waals surface area contributed by atoms with Gasteiger partial charge in [0.2, 0.25) is 5.91 Å². The maximum atomic E-state index is 11.3. The molecule has 36 heavy (non-hydrogen) atoms. The molecule has 6 rings (SSSR count). The van der Waals surface area contributed by atoms with E-state index in [4.69, 9.17) is 31.5 Å². The number of hydrogen-bond donors (Lipinski definition) is 3. The first kappa shape index (κ1) is 22.9. The van der Waals surface area contributed by atoms with Crippen molar-refractivity contribution in [2.75, 3.05) is 13.2 Å². The van der Waals surface area contributed by atoms with Crippen molar-refractivity contribution in [1.82, 2.24) is 15.0 Å². The van der Waals surface area contributed by atoms with Crippen molar-refractivity contribution < 1.29 is 24.1 Å². The molecule has 2 aliphatic heterocycles. The molecule has 0 bridgehead atoms. The number of ether oxygens (including phenoxy) is 3. The lowest BCUT2D eigenvalue weighted by Crippen LogP contribution is -2.46. The molecule has 0 saturated carbocycles. The number of primary amides is 1. The van der Waals surface area contributed by atoms with Crippen LogP contribution in [0.2, 0.25) is 5.02 Å². The standard InChI is InChI=1S/C26H23ClN4O5/c27-17-10-18-24(30-21(17)16-8-6-15(7-9-16)14-4-2-1-3-5-14)31-25(29-18)36-19-12-34-23-22(19)35-13-26(23,33)11-20(28)32/h1-10,19,22-23,33H,11-13H2,(H2,28,32)(H,29,30,31)/t19-,22-,23+,26-/m1/s1. The third-order valence-electron chi connectivity index (χ3n) is 6.57. The number of fused-ring (bicyclic) bond motifs is 2. The number of aliphatic hydroxyl groups is 1. The predicted molar refractivity (Wildman–Crippen MR) is 132 cm³/mol. The first-order valence-corrected chi connectivity index (χ1v) is 11.9. The van der Waals surface area contributed by atoms with Gasteiger partial charge in [0.25, 0.3) is 6.01 Å². The Balaban J connectivity index is 1.22. The maximum absolute atomic E-state index is 11.3. The number of amides is 1. The number of nitrogens with zero attached hydrogens (tertiary/aromatic N) is 2. The summed E-state index contributed by atoms with van der Waals surface area (Å²) >= 11 is 6.56. The van der Waals surface area contributed by atoms with Crippen LogP contribution < -0.4 is 10.5 Å². The zero-order valence-electron chi connectivity index (χ0n) is 19.1. The van der Waals surface area contributed by atoms with Gasteiger partial charge in [-0.05, 0) is 17.2 Å². The summed E-state index contributed by atoms with van der Waals surface area (Å²) < 4.78 is 17.4. The first-order chi connectivity index (χ1) is 17.4. The largest absolute Gasteiger partial charge is 0.456 e. The summed E-state index contributed by atoms with van der Waals surface area (Å²) in [4.78, 5) is 23.6. The van der Waals surface area contributed by atoms with Crippen LogP contribution in [-0.4, -0.2) is 63.1 Å². The van der Waals surface area contributed by atoms with Crippen LogP contribution in [-0.2, 0) is 14.3 Å². The molecule has 184 valence electrons. The highest BCUT2D eigenvalue weighted by atomic mass is 35.5. The van der Waals surface area contributed by atoms with E-state index >= 15 is 0 Å². The number of H-pyrrole nitrogens is 1. The van der Waals surface area contributed by atoms with Gasteiger partial charge in [-0.2, -0.15) is 4.98 Å². The van der Waals surface area contributed by atoms with E-state index in [1.54, 1.807) is 6.07 Å². The number of hydrogen-bond acceptors (Lipinski definition) is 7. The Morgan fingerprint density at radius 3 is 2.58 bits per heavy atom. The van der Waals surface area contributed by atoms with E-state index in [2.05, 4.69) is 27.1 Å². The summed E-state index contributed by atoms with van der Waals surface area (Å²) in [5, 5.41) is 11.2. The van der Waals surface area contributed by atoms with E-state index in [0.717, 1.165) is 16.7 Å². The number of aromatic amines is 1. The number of carbonyl (C=O) groups is 1. The maximum Gasteiger partial charge on any atom is 0.296 e. The van der Waals surface area contributed by atoms with Gasteiger partial charge in [-0.15, -0.1) is 0 Å². The van der Waals surface area contributed by atoms with Gasteiger partial charge in [0.05, 0.1) is 35.9 Å². The Hall–Kier alpha value is -3.50. The molecule has 0 unspecified atom stereocenters. The summed E-state index contributed by atoms with van der Waals surface area (Å²) in [7, 11) is 0. The van der Waals surface area contributed by atoms with Crippen LogP contribution in [0, 0.1) is 0 Å². The van der Waals surface area contributed by atoms with E-state index in [-0.39, 0.29) is 25.6 Å². The summed E-state index contributed by atoms with van der Waals surface area (Å²) in [6, 6.07) is 20.1. The lowest BCUT2D eigenvalue weighted by molar-refractivity contribution is -0.128. The summed E-state index contributed by atoms with van der Waals surface area (Å²) in [5.41, 5.74) is 8.57. The number of rotatable bonds is 6. The number of nitrogens with two attached hydrogens (primary N) is 1. The minimum Gasteiger partial charge on any atom is -0.456 e. The lowest BCUT2D eigenvalue weighted by Gasteiger charge is -2.24. The molecule has 2 aliphatic rings. The van der Waals surface area contributed by atoms with Crippen LogP contribution in [0.15, 0.2) is 60.7 Å². The molecular weight excluding hydrogens is 484 g/mol. The highest BCUT2D eigenvalue weighted by molar-refractivity contribution is 6.33. The molecule has 0 radical (unpaired) electrons. The Morgan fingerprint density at radius 1 is 1.11 bits per heavy atom. The minimum atomic E-state index is -1.47. The number of pyridine rings is 1. The minimum absolute atomic E-state index is 0.0607. The molecule has 4 N–H and O–H groups in total. The van der Waals surface area contributed by atoms with Crippen LogP contribution in [0.3, 0.4) is 0 Å². The molecule has 9 nitrogen and oxygen atoms in total. The van der Waals surface area contributed by atoms with Crippen molar-refractivity contribution in [3.63, 3.8) is 0 Å². The fourth-order valence-electron chi connectivity index (χ4n) is 4.86. The Morgan fingerprint density at radius 2 is 1.83 bits per heavy atom. The normalized spacial score (nSPS) is 25.2. The first-order valence-electron chi connectivity index (χ1n) is 11.5. The van der Waals surface area contributed by atoms with Crippen LogP contribution in [0.5, 0.6) is 6.01 Å². The zero-order chi connectivity index (χ0) is 24.9. The van der Waals surface area contributed by atoms with Crippen molar-refractivity contribution in [3.05, 3.63) is 65.7 Å². The molecule has 2 fully saturated rings. The molecule has 0 spiro atoms. The van der Waals surface area contributed by atoms with E-state index < -0.39 is 29.8 Å². The molecule has 0 aliphatic carbocycles. The van der Waals surface area contributed by atoms with Crippen LogP contribution in [0.25, 0.3) is 33.5 Å². The van der Waals surface area contributed by atoms with Crippen molar-refractivity contribution >= 4 is 28.7 Å². The molecule has 2 aromatic heterocycles. The Labute approximate surface area is 211 Å². The van der Waals surface area contributed by atoms with Gasteiger partial charge in [-0.3, -0.25) is 4.79 Å². The average molecular weight is 507 g/mol. The number of carbonyl (C=O) groups excluding carboxylic acids is 1. The number of halogens is 1. The number of nitrogens with one attached hydrogen (secondary N) is 1. The number of aromatic nitrogens is 3. The average Bonchev–Trinajstić information content (AvgIpc) is 3.54. The molecule has 4 heterocycles. The van der Waals surface area contributed by atoms with Crippen molar-refractivity contribution in [2.24, 2.45) is 5.73 Å². The third kappa shape index (κ3) is 4.10. The van der Waals surface area contributed by atoms with Crippen molar-refractivity contribution in [2.45, 2.75) is 30.3 Å². The van der Waals surface area contributed by atoms with Crippen LogP contribution >= 0.6 is 11.6 Å². The van der Waals surface area contributed by atoms with E-state index in [9.17, 15) is 9.90 Å². The fraction of sp³-hybridized carbons (Fsp3) is 0.269.